The fraction of sp³-hybridized carbons (Fsp3) is 0.231. The predicted molar refractivity (Wildman–Crippen MR) is 130 cm³/mol. The van der Waals surface area contributed by atoms with Crippen molar-refractivity contribution in [2.45, 2.75) is 40.2 Å². The van der Waals surface area contributed by atoms with Gasteiger partial charge >= 0.3 is 0 Å². The normalized spacial score (nSPS) is 11.1. The largest absolute Gasteiger partial charge is 0.472 e. The summed E-state index contributed by atoms with van der Waals surface area (Å²) in [6.45, 7) is 7.86. The first-order valence-corrected chi connectivity index (χ1v) is 11.2. The molecule has 0 atom stereocenters. The Balaban J connectivity index is 1.69. The van der Waals surface area contributed by atoms with Crippen LogP contribution in [0.1, 0.15) is 42.5 Å². The van der Waals surface area contributed by atoms with Gasteiger partial charge in [0.15, 0.2) is 5.02 Å². The van der Waals surface area contributed by atoms with Gasteiger partial charge in [-0.15, -0.1) is 0 Å². The summed E-state index contributed by atoms with van der Waals surface area (Å²) in [7, 11) is 0. The van der Waals surface area contributed by atoms with E-state index in [0.29, 0.717) is 11.5 Å². The second kappa shape index (κ2) is 9.73. The summed E-state index contributed by atoms with van der Waals surface area (Å²) in [6.07, 6.45) is 1.81. The van der Waals surface area contributed by atoms with E-state index >= 15 is 0 Å². The lowest BCUT2D eigenvalue weighted by molar-refractivity contribution is 0.291. The minimum absolute atomic E-state index is 0.0362. The van der Waals surface area contributed by atoms with Crippen LogP contribution in [-0.4, -0.2) is 19.5 Å². The fourth-order valence-electron chi connectivity index (χ4n) is 3.53. The Morgan fingerprint density at radius 1 is 1.09 bits per heavy atom. The molecule has 0 saturated heterocycles. The molecule has 0 radical (unpaired) electrons. The highest BCUT2D eigenvalue weighted by Crippen LogP contribution is 2.26. The maximum atomic E-state index is 13.2. The van der Waals surface area contributed by atoms with Gasteiger partial charge in [-0.2, -0.15) is 4.98 Å². The van der Waals surface area contributed by atoms with Crippen LogP contribution in [0.4, 0.5) is 4.39 Å². The smallest absolute Gasteiger partial charge is 0.280 e. The minimum Gasteiger partial charge on any atom is -0.472 e. The molecule has 8 heteroatoms. The molecule has 0 unspecified atom stereocenters. The predicted octanol–water partition coefficient (Wildman–Crippen LogP) is 5.80. The molecule has 4 aromatic rings. The lowest BCUT2D eigenvalue weighted by Gasteiger charge is -2.15. The number of benzene rings is 2. The number of nitrogens with zero attached hydrogens (tertiary/aromatic N) is 4. The molecule has 0 amide bonds. The molecular formula is C26H24ClFN4O2. The first kappa shape index (κ1) is 23.6. The summed E-state index contributed by atoms with van der Waals surface area (Å²) in [5, 5.41) is -0.126. The van der Waals surface area contributed by atoms with Crippen molar-refractivity contribution < 1.29 is 9.13 Å². The Morgan fingerprint density at radius 3 is 2.53 bits per heavy atom. The van der Waals surface area contributed by atoms with Crippen molar-refractivity contribution in [3.63, 3.8) is 0 Å². The SMILES string of the molecule is Cc1cnc(C(C)C)nc1-c1cccc(-n2c(C)nc(OCc3ccc(F)cc3)c(Cl)c2=O)c1. The van der Waals surface area contributed by atoms with Crippen LogP contribution in [-0.2, 0) is 6.61 Å². The molecule has 174 valence electrons. The summed E-state index contributed by atoms with van der Waals surface area (Å²) in [6, 6.07) is 13.4. The molecule has 0 aliphatic rings. The van der Waals surface area contributed by atoms with Crippen LogP contribution in [0.15, 0.2) is 59.5 Å². The van der Waals surface area contributed by atoms with Gasteiger partial charge in [0.2, 0.25) is 5.88 Å². The van der Waals surface area contributed by atoms with E-state index in [1.54, 1.807) is 19.1 Å². The molecule has 0 spiro atoms. The van der Waals surface area contributed by atoms with Crippen LogP contribution in [0, 0.1) is 19.7 Å². The molecule has 0 aliphatic heterocycles. The summed E-state index contributed by atoms with van der Waals surface area (Å²) < 4.78 is 20.2. The van der Waals surface area contributed by atoms with Gasteiger partial charge in [-0.05, 0) is 49.2 Å². The van der Waals surface area contributed by atoms with E-state index in [0.717, 1.165) is 28.2 Å². The van der Waals surface area contributed by atoms with Crippen molar-refractivity contribution in [3.05, 3.63) is 98.7 Å². The van der Waals surface area contributed by atoms with Gasteiger partial charge in [0.1, 0.15) is 24.1 Å². The van der Waals surface area contributed by atoms with Crippen LogP contribution in [0.5, 0.6) is 5.88 Å². The molecule has 0 aliphatic carbocycles. The Morgan fingerprint density at radius 2 is 1.82 bits per heavy atom. The summed E-state index contributed by atoms with van der Waals surface area (Å²) in [4.78, 5) is 26.7. The van der Waals surface area contributed by atoms with Gasteiger partial charge in [0, 0.05) is 17.7 Å². The molecule has 0 N–H and O–H groups in total. The van der Waals surface area contributed by atoms with Gasteiger partial charge in [-0.25, -0.2) is 14.4 Å². The van der Waals surface area contributed by atoms with Gasteiger partial charge in [0.25, 0.3) is 5.56 Å². The van der Waals surface area contributed by atoms with Crippen molar-refractivity contribution >= 4 is 11.6 Å². The number of ether oxygens (including phenoxy) is 1. The molecular weight excluding hydrogens is 455 g/mol. The molecule has 4 rings (SSSR count). The van der Waals surface area contributed by atoms with Crippen LogP contribution < -0.4 is 10.3 Å². The number of aromatic nitrogens is 4. The Hall–Kier alpha value is -3.58. The number of halogens is 2. The zero-order chi connectivity index (χ0) is 24.4. The van der Waals surface area contributed by atoms with Gasteiger partial charge in [-0.3, -0.25) is 9.36 Å². The van der Waals surface area contributed by atoms with Gasteiger partial charge < -0.3 is 4.74 Å². The van der Waals surface area contributed by atoms with Crippen molar-refractivity contribution in [3.8, 4) is 22.8 Å². The van der Waals surface area contributed by atoms with Crippen molar-refractivity contribution in [2.75, 3.05) is 0 Å². The lowest BCUT2D eigenvalue weighted by atomic mass is 10.1. The second-order valence-electron chi connectivity index (χ2n) is 8.30. The van der Waals surface area contributed by atoms with E-state index in [1.165, 1.54) is 16.7 Å². The second-order valence-corrected chi connectivity index (χ2v) is 8.68. The van der Waals surface area contributed by atoms with Crippen LogP contribution in [0.2, 0.25) is 5.02 Å². The number of hydrogen-bond donors (Lipinski definition) is 0. The minimum atomic E-state index is -0.442. The van der Waals surface area contributed by atoms with E-state index in [4.69, 9.17) is 21.3 Å². The highest BCUT2D eigenvalue weighted by atomic mass is 35.5. The third-order valence-corrected chi connectivity index (χ3v) is 5.66. The average molecular weight is 479 g/mol. The van der Waals surface area contributed by atoms with Crippen LogP contribution in [0.25, 0.3) is 16.9 Å². The Bertz CT molecular complexity index is 1400. The van der Waals surface area contributed by atoms with E-state index in [-0.39, 0.29) is 29.2 Å². The molecule has 0 bridgehead atoms. The molecule has 0 saturated carbocycles. The van der Waals surface area contributed by atoms with Gasteiger partial charge in [-0.1, -0.05) is 49.7 Å². The highest BCUT2D eigenvalue weighted by molar-refractivity contribution is 6.31. The molecule has 2 heterocycles. The zero-order valence-electron chi connectivity index (χ0n) is 19.3. The Kier molecular flexibility index (Phi) is 6.75. The number of hydrogen-bond acceptors (Lipinski definition) is 5. The monoisotopic (exact) mass is 478 g/mol. The highest BCUT2D eigenvalue weighted by Gasteiger charge is 2.17. The maximum absolute atomic E-state index is 13.2. The first-order chi connectivity index (χ1) is 16.2. The summed E-state index contributed by atoms with van der Waals surface area (Å²) in [5.74, 6) is 1.07. The molecule has 34 heavy (non-hydrogen) atoms. The zero-order valence-corrected chi connectivity index (χ0v) is 20.1. The number of rotatable bonds is 6. The third kappa shape index (κ3) is 4.84. The molecule has 2 aromatic carbocycles. The quantitative estimate of drug-likeness (QED) is 0.350. The Labute approximate surface area is 202 Å². The summed E-state index contributed by atoms with van der Waals surface area (Å²) >= 11 is 6.35. The topological polar surface area (TPSA) is 69.9 Å². The van der Waals surface area contributed by atoms with E-state index < -0.39 is 5.56 Å². The molecule has 2 aromatic heterocycles. The van der Waals surface area contributed by atoms with Crippen molar-refractivity contribution in [1.82, 2.24) is 19.5 Å². The molecule has 0 fully saturated rings. The van der Waals surface area contributed by atoms with Crippen LogP contribution >= 0.6 is 11.6 Å². The standard InChI is InChI=1S/C26H24ClFN4O2/c1-15(2)24-29-13-16(3)23(31-24)19-6-5-7-21(12-19)32-17(4)30-25(22(27)26(32)33)34-14-18-8-10-20(28)11-9-18/h5-13,15H,14H2,1-4H3. The lowest BCUT2D eigenvalue weighted by Crippen LogP contribution is -2.23. The van der Waals surface area contributed by atoms with Crippen LogP contribution in [0.3, 0.4) is 0 Å². The fourth-order valence-corrected chi connectivity index (χ4v) is 3.71. The third-order valence-electron chi connectivity index (χ3n) is 5.34. The van der Waals surface area contributed by atoms with Gasteiger partial charge in [0.05, 0.1) is 11.4 Å². The van der Waals surface area contributed by atoms with E-state index in [1.807, 2.05) is 51.2 Å². The van der Waals surface area contributed by atoms with E-state index in [2.05, 4.69) is 9.97 Å². The first-order valence-electron chi connectivity index (χ1n) is 10.9. The van der Waals surface area contributed by atoms with Crippen molar-refractivity contribution in [2.24, 2.45) is 0 Å². The van der Waals surface area contributed by atoms with Crippen molar-refractivity contribution in [1.29, 1.82) is 0 Å². The van der Waals surface area contributed by atoms with E-state index in [9.17, 15) is 9.18 Å². The average Bonchev–Trinajstić information content (AvgIpc) is 2.82. The molecule has 6 nitrogen and oxygen atoms in total. The maximum Gasteiger partial charge on any atom is 0.280 e. The number of aryl methyl sites for hydroxylation is 2. The summed E-state index contributed by atoms with van der Waals surface area (Å²) in [5.41, 5.74) is 3.51.